The van der Waals surface area contributed by atoms with Crippen LogP contribution in [0.2, 0.25) is 0 Å². The molecule has 0 saturated heterocycles. The van der Waals surface area contributed by atoms with Crippen LogP contribution in [-0.4, -0.2) is 86.0 Å². The van der Waals surface area contributed by atoms with Crippen LogP contribution in [0.3, 0.4) is 0 Å². The summed E-state index contributed by atoms with van der Waals surface area (Å²) >= 11 is 0. The monoisotopic (exact) mass is 1010 g/mol. The smallest absolute Gasteiger partial charge is 0.340 e. The number of ketones is 1. The van der Waals surface area contributed by atoms with Crippen LogP contribution in [0.1, 0.15) is 90.1 Å². The number of hydrogen-bond acceptors (Lipinski definition) is 16. The third-order valence-corrected chi connectivity index (χ3v) is 14.3. The first-order chi connectivity index (χ1) is 34.9. The van der Waals surface area contributed by atoms with Crippen molar-refractivity contribution in [2.75, 3.05) is 55.6 Å². The van der Waals surface area contributed by atoms with Crippen LogP contribution in [-0.2, 0) is 36.3 Å². The zero-order chi connectivity index (χ0) is 52.2. The number of nitro benzene ring substituents is 1. The molecular weight excluding hydrogens is 955 g/mol. The first-order valence-corrected chi connectivity index (χ1v) is 23.7. The number of ether oxygens (including phenoxy) is 6. The Morgan fingerprint density at radius 2 is 1.22 bits per heavy atom. The molecule has 19 nitrogen and oxygen atoms in total. The van der Waals surface area contributed by atoms with Gasteiger partial charge in [-0.1, -0.05) is 36.4 Å². The van der Waals surface area contributed by atoms with Crippen LogP contribution in [0.4, 0.5) is 28.4 Å². The molecule has 4 aliphatic rings. The Balaban J connectivity index is 0.00000729. The second kappa shape index (κ2) is 19.4. The maximum atomic E-state index is 14.7. The van der Waals surface area contributed by atoms with Gasteiger partial charge in [-0.25, -0.2) is 9.59 Å². The Morgan fingerprint density at radius 3 is 1.74 bits per heavy atom. The predicted octanol–water partition coefficient (Wildman–Crippen LogP) is 7.52. The number of methoxy groups -OCH3 is 2. The number of Topliss-reactive ketones (excluding diaryl/α,β-unsaturated/α-hetero) is 1. The van der Waals surface area contributed by atoms with Gasteiger partial charge in [0, 0.05) is 51.1 Å². The number of hydrogen-bond donors (Lipinski definition) is 2. The number of rotatable bonds is 15. The first kappa shape index (κ1) is 51.8. The van der Waals surface area contributed by atoms with Gasteiger partial charge in [-0.2, -0.15) is 0 Å². The van der Waals surface area contributed by atoms with E-state index in [0.717, 1.165) is 11.1 Å². The fraction of sp³-hybridized carbons (Fsp3) is 0.309. The fourth-order valence-corrected chi connectivity index (χ4v) is 10.7. The predicted molar refractivity (Wildman–Crippen MR) is 273 cm³/mol. The number of benzene rings is 5. The van der Waals surface area contributed by atoms with E-state index < -0.39 is 45.0 Å². The Labute approximate surface area is 426 Å². The molecule has 5 aromatic carbocycles. The van der Waals surface area contributed by atoms with E-state index in [1.807, 2.05) is 103 Å². The number of esters is 2. The zero-order valence-corrected chi connectivity index (χ0v) is 42.0. The summed E-state index contributed by atoms with van der Waals surface area (Å²) in [5.41, 5.74) is -0.146. The van der Waals surface area contributed by atoms with Crippen LogP contribution in [0.5, 0.6) is 23.0 Å². The van der Waals surface area contributed by atoms with Crippen molar-refractivity contribution in [3.05, 3.63) is 151 Å². The average Bonchev–Trinajstić information content (AvgIpc) is 3.66. The molecule has 5 aromatic rings. The molecule has 0 radical (unpaired) electrons. The number of carbonyl (C=O) groups is 4. The van der Waals surface area contributed by atoms with Gasteiger partial charge in [0.25, 0.3) is 11.4 Å². The van der Waals surface area contributed by atoms with Gasteiger partial charge < -0.3 is 49.0 Å². The number of nitrogens with one attached hydrogen (secondary N) is 2. The summed E-state index contributed by atoms with van der Waals surface area (Å²) in [5.74, 6) is -1.54. The molecule has 3 N–H and O–H groups in total. The quantitative estimate of drug-likeness (QED) is 0.0585. The van der Waals surface area contributed by atoms with E-state index in [9.17, 15) is 34.2 Å². The molecule has 0 saturated carbocycles. The van der Waals surface area contributed by atoms with Crippen LogP contribution < -0.4 is 39.2 Å². The molecule has 74 heavy (non-hydrogen) atoms. The number of non-ortho nitro benzene ring substituents is 1. The summed E-state index contributed by atoms with van der Waals surface area (Å²) in [7, 11) is 2.86. The summed E-state index contributed by atoms with van der Waals surface area (Å²) in [5, 5.41) is 16.6. The van der Waals surface area contributed by atoms with Gasteiger partial charge in [0.1, 0.15) is 6.54 Å². The summed E-state index contributed by atoms with van der Waals surface area (Å²) in [6.45, 7) is 10.6. The number of nitroso groups, excluding NO2 is 1. The van der Waals surface area contributed by atoms with Crippen molar-refractivity contribution < 1.29 is 63.2 Å². The van der Waals surface area contributed by atoms with Crippen LogP contribution in [0.15, 0.2) is 97.1 Å². The SMILES string of the molecule is CCOC(=O)c1cc(NC(=O)CN2c3ccccc3C(C)(C)C23C=Cc2cc([NH+]=O)cc(OC)c2O3)c(C(=O)OCC)cc1CC(=O)CN1c2ccccc2C(C)(C)C12C=Cc1cc([N+](=O)[O-])cc(OC)c1O2.[OH-]. The normalized spacial score (nSPS) is 18.6. The lowest BCUT2D eigenvalue weighted by Gasteiger charge is -2.47. The molecular formula is C55H55N5O14. The van der Waals surface area contributed by atoms with Crippen molar-refractivity contribution in [1.82, 2.24) is 0 Å². The van der Waals surface area contributed by atoms with E-state index in [-0.39, 0.29) is 89.2 Å². The largest absolute Gasteiger partial charge is 0.870 e. The third-order valence-electron chi connectivity index (χ3n) is 14.3. The number of anilines is 3. The molecule has 4 heterocycles. The highest BCUT2D eigenvalue weighted by molar-refractivity contribution is 6.06. The molecule has 0 fully saturated rings. The summed E-state index contributed by atoms with van der Waals surface area (Å²) in [6.07, 6.45) is 6.79. The van der Waals surface area contributed by atoms with E-state index in [2.05, 4.69) is 5.32 Å². The van der Waals surface area contributed by atoms with E-state index in [1.54, 1.807) is 32.1 Å². The molecule has 0 bridgehead atoms. The first-order valence-electron chi connectivity index (χ1n) is 23.7. The van der Waals surface area contributed by atoms with Gasteiger partial charge in [0.2, 0.25) is 17.4 Å². The van der Waals surface area contributed by atoms with Crippen molar-refractivity contribution >= 4 is 64.2 Å². The second-order valence-electron chi connectivity index (χ2n) is 19.0. The number of nitro groups is 1. The lowest BCUT2D eigenvalue weighted by Crippen LogP contribution is -2.61. The van der Waals surface area contributed by atoms with Crippen molar-refractivity contribution in [3.63, 3.8) is 0 Å². The zero-order valence-electron chi connectivity index (χ0n) is 42.0. The van der Waals surface area contributed by atoms with Crippen LogP contribution >= 0.6 is 0 Å². The van der Waals surface area contributed by atoms with Gasteiger partial charge in [-0.3, -0.25) is 19.7 Å². The molecule has 19 heteroatoms. The van der Waals surface area contributed by atoms with Gasteiger partial charge in [0.05, 0.1) is 78.7 Å². The molecule has 384 valence electrons. The molecule has 1 amide bonds. The number of para-hydroxylation sites is 2. The van der Waals surface area contributed by atoms with Gasteiger partial charge in [-0.15, -0.1) is 0 Å². The topological polar surface area (TPSA) is 246 Å². The number of carbonyl (C=O) groups excluding carboxylic acids is 4. The average molecular weight is 1010 g/mol. The second-order valence-corrected chi connectivity index (χ2v) is 19.0. The fourth-order valence-electron chi connectivity index (χ4n) is 10.7. The lowest BCUT2D eigenvalue weighted by atomic mass is 9.76. The molecule has 0 aromatic heterocycles. The molecule has 0 aliphatic carbocycles. The summed E-state index contributed by atoms with van der Waals surface area (Å²) in [6, 6.07) is 23.7. The number of amides is 1. The van der Waals surface area contributed by atoms with E-state index in [4.69, 9.17) is 28.4 Å². The molecule has 4 aliphatic heterocycles. The van der Waals surface area contributed by atoms with Crippen LogP contribution in [0.25, 0.3) is 12.2 Å². The highest BCUT2D eigenvalue weighted by atomic mass is 16.6. The minimum Gasteiger partial charge on any atom is -0.870 e. The molecule has 2 unspecified atom stereocenters. The molecule has 2 spiro atoms. The highest BCUT2D eigenvalue weighted by Crippen LogP contribution is 2.58. The Hall–Kier alpha value is -8.58. The van der Waals surface area contributed by atoms with E-state index in [0.29, 0.717) is 34.0 Å². The standard InChI is InChI=1S/C55H53N5O13.H2O/c1-9-70-50(63)38-29-42(56-47(62)31-59-44-18-14-12-16-41(44)53(5,6)55(59)21-19-32-23-35(57-65)27-45(68-7)48(32)72-55)39(51(64)71-10-2)26-34(38)25-37(61)30-58-43-17-13-11-15-40(43)52(3,4)54(58)22-20-33-24-36(60(66)67)28-46(69-8)49(33)73-54;/h11-24,26-29H,9-10,25,30-31H2,1-8H3,(H,56,62);1H2. The van der Waals surface area contributed by atoms with Crippen molar-refractivity contribution in [2.24, 2.45) is 0 Å². The van der Waals surface area contributed by atoms with Gasteiger partial charge in [0.15, 0.2) is 28.8 Å². The van der Waals surface area contributed by atoms with Crippen molar-refractivity contribution in [3.8, 4) is 23.0 Å². The minimum atomic E-state index is -1.35. The molecule has 2 atom stereocenters. The van der Waals surface area contributed by atoms with Crippen molar-refractivity contribution in [2.45, 2.75) is 70.2 Å². The highest BCUT2D eigenvalue weighted by Gasteiger charge is 2.61. The Morgan fingerprint density at radius 1 is 0.703 bits per heavy atom. The maximum absolute atomic E-state index is 14.7. The third kappa shape index (κ3) is 8.22. The van der Waals surface area contributed by atoms with Crippen molar-refractivity contribution in [1.29, 1.82) is 0 Å². The summed E-state index contributed by atoms with van der Waals surface area (Å²) < 4.78 is 36.1. The summed E-state index contributed by atoms with van der Waals surface area (Å²) in [4.78, 5) is 83.9. The Bertz CT molecular complexity index is 3220. The van der Waals surface area contributed by atoms with Gasteiger partial charge in [-0.05, 0) is 107 Å². The number of nitrogens with zero attached hydrogens (tertiary/aromatic N) is 3. The van der Waals surface area contributed by atoms with Crippen LogP contribution in [0, 0.1) is 15.0 Å². The number of fused-ring (bicyclic) bond motifs is 4. The van der Waals surface area contributed by atoms with Gasteiger partial charge >= 0.3 is 11.9 Å². The Kier molecular flexibility index (Phi) is 13.6. The minimum absolute atomic E-state index is 0. The maximum Gasteiger partial charge on any atom is 0.340 e. The molecule has 9 rings (SSSR count). The van der Waals surface area contributed by atoms with E-state index in [1.165, 1.54) is 44.6 Å². The van der Waals surface area contributed by atoms with E-state index >= 15 is 0 Å². The lowest BCUT2D eigenvalue weighted by molar-refractivity contribution is -0.385.